The number of carbonyl (C=O) groups excluding carboxylic acids is 4. The second-order valence-electron chi connectivity index (χ2n) is 21.5. The second-order valence-corrected chi connectivity index (χ2v) is 21.5. The fourth-order valence-corrected chi connectivity index (χ4v) is 9.46. The third kappa shape index (κ3) is 47.1. The van der Waals surface area contributed by atoms with Crippen molar-refractivity contribution in [3.05, 3.63) is 0 Å². The van der Waals surface area contributed by atoms with Gasteiger partial charge in [-0.15, -0.1) is 0 Å². The Labute approximate surface area is 439 Å². The lowest BCUT2D eigenvalue weighted by atomic mass is 10.0. The maximum Gasteiger partial charge on any atom is 0.410 e. The molecule has 0 aromatic carbocycles. The monoisotopic (exact) mass is 1010 g/mol. The molecule has 71 heavy (non-hydrogen) atoms. The van der Waals surface area contributed by atoms with Gasteiger partial charge in [-0.05, 0) is 130 Å². The first-order valence-corrected chi connectivity index (χ1v) is 30.7. The SMILES string of the molecule is CCCCCCOC(=O)CCCN(CCCN(C)C)C(=O)OC(CCCCCCCCC(=O)OC(CCCCCC)CCCCCC)CCCCCCCCC(=O)OC(CCCCCC)CCCCCC. The van der Waals surface area contributed by atoms with Crippen LogP contribution in [0.1, 0.15) is 311 Å². The first-order chi connectivity index (χ1) is 34.6. The highest BCUT2D eigenvalue weighted by Crippen LogP contribution is 2.22. The summed E-state index contributed by atoms with van der Waals surface area (Å²) in [5.41, 5.74) is 0. The summed E-state index contributed by atoms with van der Waals surface area (Å²) in [4.78, 5) is 55.9. The van der Waals surface area contributed by atoms with Gasteiger partial charge in [-0.2, -0.15) is 0 Å². The summed E-state index contributed by atoms with van der Waals surface area (Å²) in [6, 6.07) is 0. The molecule has 0 aromatic rings. The molecular formula is C61H118N2O8. The smallest absolute Gasteiger partial charge is 0.410 e. The van der Waals surface area contributed by atoms with Crippen LogP contribution in [0.15, 0.2) is 0 Å². The summed E-state index contributed by atoms with van der Waals surface area (Å²) in [5, 5.41) is 0. The highest BCUT2D eigenvalue weighted by Gasteiger charge is 2.21. The van der Waals surface area contributed by atoms with E-state index in [1.165, 1.54) is 77.0 Å². The molecule has 0 spiro atoms. The Morgan fingerprint density at radius 2 is 0.634 bits per heavy atom. The van der Waals surface area contributed by atoms with Crippen LogP contribution in [0.2, 0.25) is 0 Å². The summed E-state index contributed by atoms with van der Waals surface area (Å²) in [6.07, 6.45) is 44.0. The molecule has 0 heterocycles. The van der Waals surface area contributed by atoms with Crippen LogP contribution in [0.25, 0.3) is 0 Å². The zero-order valence-electron chi connectivity index (χ0n) is 48.1. The van der Waals surface area contributed by atoms with Crippen LogP contribution in [0.5, 0.6) is 0 Å². The van der Waals surface area contributed by atoms with Crippen LogP contribution in [0, 0.1) is 0 Å². The number of esters is 3. The summed E-state index contributed by atoms with van der Waals surface area (Å²) in [6.45, 7) is 13.5. The van der Waals surface area contributed by atoms with E-state index < -0.39 is 0 Å². The second kappa shape index (κ2) is 52.5. The van der Waals surface area contributed by atoms with Gasteiger partial charge in [-0.1, -0.05) is 182 Å². The van der Waals surface area contributed by atoms with E-state index in [0.717, 1.165) is 180 Å². The van der Waals surface area contributed by atoms with Gasteiger partial charge in [0.25, 0.3) is 0 Å². The Balaban J connectivity index is 5.18. The molecule has 10 nitrogen and oxygen atoms in total. The summed E-state index contributed by atoms with van der Waals surface area (Å²) < 4.78 is 23.8. The number of hydrogen-bond donors (Lipinski definition) is 0. The minimum atomic E-state index is -0.270. The van der Waals surface area contributed by atoms with E-state index in [1.54, 1.807) is 0 Å². The molecule has 0 atom stereocenters. The number of carbonyl (C=O) groups is 4. The Hall–Kier alpha value is -2.36. The maximum atomic E-state index is 13.8. The van der Waals surface area contributed by atoms with E-state index in [-0.39, 0.29) is 42.3 Å². The van der Waals surface area contributed by atoms with Crippen LogP contribution >= 0.6 is 0 Å². The first-order valence-electron chi connectivity index (χ1n) is 30.7. The van der Waals surface area contributed by atoms with Gasteiger partial charge >= 0.3 is 24.0 Å². The minimum Gasteiger partial charge on any atom is -0.466 e. The molecule has 0 aliphatic heterocycles. The quantitative estimate of drug-likeness (QED) is 0.0334. The number of ether oxygens (including phenoxy) is 4. The van der Waals surface area contributed by atoms with Crippen LogP contribution in [-0.4, -0.2) is 92.4 Å². The number of rotatable bonds is 54. The van der Waals surface area contributed by atoms with Gasteiger partial charge in [0.05, 0.1) is 6.61 Å². The van der Waals surface area contributed by atoms with Crippen molar-refractivity contribution in [3.63, 3.8) is 0 Å². The van der Waals surface area contributed by atoms with Gasteiger partial charge in [-0.25, -0.2) is 4.79 Å². The van der Waals surface area contributed by atoms with Crippen molar-refractivity contribution in [2.24, 2.45) is 0 Å². The Morgan fingerprint density at radius 3 is 1.01 bits per heavy atom. The predicted molar refractivity (Wildman–Crippen MR) is 298 cm³/mol. The van der Waals surface area contributed by atoms with Crippen LogP contribution in [0.4, 0.5) is 4.79 Å². The van der Waals surface area contributed by atoms with Crippen LogP contribution < -0.4 is 0 Å². The maximum absolute atomic E-state index is 13.8. The number of hydrogen-bond acceptors (Lipinski definition) is 9. The molecule has 0 radical (unpaired) electrons. The lowest BCUT2D eigenvalue weighted by molar-refractivity contribution is -0.151. The van der Waals surface area contributed by atoms with E-state index in [0.29, 0.717) is 45.4 Å². The summed E-state index contributed by atoms with van der Waals surface area (Å²) in [7, 11) is 4.09. The van der Waals surface area contributed by atoms with Crippen molar-refractivity contribution < 1.29 is 38.1 Å². The van der Waals surface area contributed by atoms with E-state index in [9.17, 15) is 19.2 Å². The molecule has 0 aliphatic carbocycles. The molecule has 0 aliphatic rings. The Bertz CT molecular complexity index is 1120. The molecular weight excluding hydrogens is 889 g/mol. The molecule has 0 rings (SSSR count). The Kier molecular flexibility index (Phi) is 50.8. The van der Waals surface area contributed by atoms with E-state index >= 15 is 0 Å². The number of amides is 1. The highest BCUT2D eigenvalue weighted by atomic mass is 16.6. The van der Waals surface area contributed by atoms with Gasteiger partial charge in [0, 0.05) is 32.4 Å². The van der Waals surface area contributed by atoms with Gasteiger partial charge in [-0.3, -0.25) is 14.4 Å². The lowest BCUT2D eigenvalue weighted by Crippen LogP contribution is -2.37. The molecule has 420 valence electrons. The third-order valence-corrected chi connectivity index (χ3v) is 14.1. The molecule has 0 bridgehead atoms. The van der Waals surface area contributed by atoms with Crippen molar-refractivity contribution in [2.45, 2.75) is 329 Å². The lowest BCUT2D eigenvalue weighted by Gasteiger charge is -2.26. The standard InChI is InChI=1S/C61H118N2O8/c1-8-13-18-31-42-55(43-32-19-14-9-2)69-59(65)48-37-29-25-23-27-35-46-57(71-61(67)63(53-41-51-62(6)7)52-40-50-58(64)68-54-39-22-17-12-5)47-36-28-24-26-30-38-49-60(66)70-56(44-33-20-15-10-3)45-34-21-16-11-4/h55-57H,8-54H2,1-7H3. The van der Waals surface area contributed by atoms with Crippen molar-refractivity contribution in [2.75, 3.05) is 40.3 Å². The van der Waals surface area contributed by atoms with Crippen molar-refractivity contribution in [1.82, 2.24) is 9.80 Å². The average Bonchev–Trinajstić information content (AvgIpc) is 3.34. The zero-order valence-corrected chi connectivity index (χ0v) is 48.1. The molecule has 0 aromatic heterocycles. The van der Waals surface area contributed by atoms with Crippen molar-refractivity contribution in [3.8, 4) is 0 Å². The molecule has 0 fully saturated rings. The molecule has 10 heteroatoms. The molecule has 0 N–H and O–H groups in total. The van der Waals surface area contributed by atoms with Crippen LogP contribution in [0.3, 0.4) is 0 Å². The molecule has 1 amide bonds. The van der Waals surface area contributed by atoms with Gasteiger partial charge in [0.2, 0.25) is 0 Å². The molecule has 0 saturated heterocycles. The average molecular weight is 1010 g/mol. The van der Waals surface area contributed by atoms with Crippen LogP contribution in [-0.2, 0) is 33.3 Å². The van der Waals surface area contributed by atoms with E-state index in [1.807, 2.05) is 19.0 Å². The van der Waals surface area contributed by atoms with Crippen molar-refractivity contribution >= 4 is 24.0 Å². The third-order valence-electron chi connectivity index (χ3n) is 14.1. The zero-order chi connectivity index (χ0) is 52.3. The predicted octanol–water partition coefficient (Wildman–Crippen LogP) is 17.6. The van der Waals surface area contributed by atoms with Gasteiger partial charge < -0.3 is 28.7 Å². The fraction of sp³-hybridized carbons (Fsp3) is 0.934. The molecule has 0 saturated carbocycles. The van der Waals surface area contributed by atoms with Gasteiger partial charge in [0.1, 0.15) is 18.3 Å². The summed E-state index contributed by atoms with van der Waals surface area (Å²) >= 11 is 0. The van der Waals surface area contributed by atoms with Gasteiger partial charge in [0.15, 0.2) is 0 Å². The topological polar surface area (TPSA) is 112 Å². The largest absolute Gasteiger partial charge is 0.466 e. The fourth-order valence-electron chi connectivity index (χ4n) is 9.46. The summed E-state index contributed by atoms with van der Waals surface area (Å²) in [5.74, 6) is -0.237. The van der Waals surface area contributed by atoms with E-state index in [4.69, 9.17) is 18.9 Å². The minimum absolute atomic E-state index is 0.0240. The number of unbranched alkanes of at least 4 members (excludes halogenated alkanes) is 25. The van der Waals surface area contributed by atoms with E-state index in [2.05, 4.69) is 39.5 Å². The number of nitrogens with zero attached hydrogens (tertiary/aromatic N) is 2. The Morgan fingerprint density at radius 1 is 0.324 bits per heavy atom. The molecule has 0 unspecified atom stereocenters. The highest BCUT2D eigenvalue weighted by molar-refractivity contribution is 5.70. The normalized spacial score (nSPS) is 11.6. The van der Waals surface area contributed by atoms with Crippen molar-refractivity contribution in [1.29, 1.82) is 0 Å². The first kappa shape index (κ1) is 68.6.